The smallest absolute Gasteiger partial charge is 0.317 e. The number of carbonyl (C=O) groups excluding carboxylic acids is 1. The van der Waals surface area contributed by atoms with Gasteiger partial charge in [0.2, 0.25) is 0 Å². The zero-order valence-electron chi connectivity index (χ0n) is 13.0. The van der Waals surface area contributed by atoms with Gasteiger partial charge in [0.25, 0.3) is 0 Å². The summed E-state index contributed by atoms with van der Waals surface area (Å²) in [5, 5.41) is 8.84. The Morgan fingerprint density at radius 2 is 1.67 bits per heavy atom. The Hall–Kier alpha value is -1.06. The molecule has 4 aliphatic rings. The van der Waals surface area contributed by atoms with Crippen LogP contribution in [0, 0.1) is 29.6 Å². The molecule has 0 amide bonds. The van der Waals surface area contributed by atoms with E-state index >= 15 is 0 Å². The fourth-order valence-corrected chi connectivity index (χ4v) is 5.67. The largest absolute Gasteiger partial charge is 0.481 e. The molecule has 0 aromatic heterocycles. The SMILES string of the molecule is CCC(C)C1(OC(=O)CC(=O)O)C2CC3CC(C2)CC1C3. The number of hydrogen-bond donors (Lipinski definition) is 1. The lowest BCUT2D eigenvalue weighted by Crippen LogP contribution is -2.62. The van der Waals surface area contributed by atoms with Crippen molar-refractivity contribution in [2.45, 2.75) is 64.4 Å². The van der Waals surface area contributed by atoms with Crippen LogP contribution in [-0.2, 0) is 14.3 Å². The van der Waals surface area contributed by atoms with Crippen LogP contribution in [0.1, 0.15) is 58.8 Å². The van der Waals surface area contributed by atoms with E-state index in [-0.39, 0.29) is 0 Å². The van der Waals surface area contributed by atoms with Gasteiger partial charge in [0.15, 0.2) is 0 Å². The second kappa shape index (κ2) is 5.29. The van der Waals surface area contributed by atoms with Gasteiger partial charge in [-0.25, -0.2) is 0 Å². The van der Waals surface area contributed by atoms with E-state index in [2.05, 4.69) is 13.8 Å². The van der Waals surface area contributed by atoms with Gasteiger partial charge in [-0.15, -0.1) is 0 Å². The lowest BCUT2D eigenvalue weighted by molar-refractivity contribution is -0.227. The van der Waals surface area contributed by atoms with Crippen LogP contribution in [0.4, 0.5) is 0 Å². The van der Waals surface area contributed by atoms with Crippen molar-refractivity contribution in [3.05, 3.63) is 0 Å². The van der Waals surface area contributed by atoms with Crippen LogP contribution in [-0.4, -0.2) is 22.6 Å². The van der Waals surface area contributed by atoms with Crippen molar-refractivity contribution in [2.24, 2.45) is 29.6 Å². The van der Waals surface area contributed by atoms with Crippen LogP contribution in [0.5, 0.6) is 0 Å². The van der Waals surface area contributed by atoms with Crippen LogP contribution >= 0.6 is 0 Å². The van der Waals surface area contributed by atoms with Crippen LogP contribution in [0.2, 0.25) is 0 Å². The third-order valence-electron chi connectivity index (χ3n) is 6.38. The van der Waals surface area contributed by atoms with E-state index in [4.69, 9.17) is 9.84 Å². The molecule has 4 aliphatic carbocycles. The summed E-state index contributed by atoms with van der Waals surface area (Å²) in [6, 6.07) is 0. The van der Waals surface area contributed by atoms with Gasteiger partial charge >= 0.3 is 11.9 Å². The maximum absolute atomic E-state index is 12.1. The first-order valence-electron chi connectivity index (χ1n) is 8.39. The van der Waals surface area contributed by atoms with E-state index in [1.165, 1.54) is 6.42 Å². The molecule has 0 aromatic rings. The average Bonchev–Trinajstić information content (AvgIpc) is 2.40. The molecule has 4 rings (SSSR count). The second-order valence-electron chi connectivity index (χ2n) is 7.51. The highest BCUT2D eigenvalue weighted by Crippen LogP contribution is 2.62. The molecule has 1 unspecified atom stereocenters. The molecule has 1 N–H and O–H groups in total. The van der Waals surface area contributed by atoms with Crippen molar-refractivity contribution in [3.8, 4) is 0 Å². The van der Waals surface area contributed by atoms with Crippen LogP contribution in [0.3, 0.4) is 0 Å². The monoisotopic (exact) mass is 294 g/mol. The molecule has 0 radical (unpaired) electrons. The maximum Gasteiger partial charge on any atom is 0.317 e. The van der Waals surface area contributed by atoms with E-state index in [1.54, 1.807) is 0 Å². The second-order valence-corrected chi connectivity index (χ2v) is 7.51. The summed E-state index contributed by atoms with van der Waals surface area (Å²) in [6.45, 7) is 4.32. The summed E-state index contributed by atoms with van der Waals surface area (Å²) in [4.78, 5) is 22.9. The Morgan fingerprint density at radius 1 is 1.14 bits per heavy atom. The van der Waals surface area contributed by atoms with Gasteiger partial charge in [-0.3, -0.25) is 9.59 Å². The number of ether oxygens (including phenoxy) is 1. The van der Waals surface area contributed by atoms with Gasteiger partial charge in [-0.1, -0.05) is 13.8 Å². The van der Waals surface area contributed by atoms with Crippen molar-refractivity contribution < 1.29 is 19.4 Å². The number of esters is 1. The van der Waals surface area contributed by atoms with E-state index in [1.807, 2.05) is 0 Å². The van der Waals surface area contributed by atoms with Gasteiger partial charge in [-0.05, 0) is 68.1 Å². The molecule has 21 heavy (non-hydrogen) atoms. The van der Waals surface area contributed by atoms with Gasteiger partial charge < -0.3 is 9.84 Å². The standard InChI is InChI=1S/C17H26O4/c1-3-10(2)17(21-16(20)9-15(18)19)13-5-11-4-12(7-13)8-14(17)6-11/h10-14H,3-9H2,1-2H3,(H,18,19). The first kappa shape index (κ1) is 14.9. The zero-order chi connectivity index (χ0) is 15.2. The van der Waals surface area contributed by atoms with Crippen LogP contribution in [0.15, 0.2) is 0 Å². The Morgan fingerprint density at radius 3 is 2.10 bits per heavy atom. The van der Waals surface area contributed by atoms with E-state index in [0.29, 0.717) is 17.8 Å². The Bertz CT molecular complexity index is 414. The molecule has 4 heteroatoms. The highest BCUT2D eigenvalue weighted by molar-refractivity contribution is 5.90. The molecule has 1 atom stereocenters. The molecule has 0 saturated heterocycles. The first-order chi connectivity index (χ1) is 9.95. The summed E-state index contributed by atoms with van der Waals surface area (Å²) in [5.41, 5.74) is -0.394. The summed E-state index contributed by atoms with van der Waals surface area (Å²) >= 11 is 0. The molecule has 0 spiro atoms. The minimum absolute atomic E-state index is 0.310. The van der Waals surface area contributed by atoms with E-state index in [0.717, 1.165) is 43.9 Å². The van der Waals surface area contributed by atoms with Gasteiger partial charge in [0.05, 0.1) is 0 Å². The molecule has 0 aromatic carbocycles. The summed E-state index contributed by atoms with van der Waals surface area (Å²) in [6.07, 6.45) is 6.48. The Labute approximate surface area is 126 Å². The lowest BCUT2D eigenvalue weighted by atomic mass is 9.47. The Balaban J connectivity index is 1.87. The van der Waals surface area contributed by atoms with Crippen LogP contribution in [0.25, 0.3) is 0 Å². The van der Waals surface area contributed by atoms with Crippen molar-refractivity contribution in [3.63, 3.8) is 0 Å². The fourth-order valence-electron chi connectivity index (χ4n) is 5.67. The highest BCUT2D eigenvalue weighted by atomic mass is 16.6. The zero-order valence-corrected chi connectivity index (χ0v) is 13.0. The quantitative estimate of drug-likeness (QED) is 0.624. The Kier molecular flexibility index (Phi) is 3.74. The lowest BCUT2D eigenvalue weighted by Gasteiger charge is -2.62. The molecular formula is C17H26O4. The average molecular weight is 294 g/mol. The molecule has 4 bridgehead atoms. The number of carbonyl (C=O) groups is 2. The van der Waals surface area contributed by atoms with Gasteiger partial charge in [-0.2, -0.15) is 0 Å². The predicted octanol–water partition coefficient (Wildman–Crippen LogP) is 3.25. The molecule has 118 valence electrons. The number of aliphatic carboxylic acids is 1. The fraction of sp³-hybridized carbons (Fsp3) is 0.882. The molecule has 0 aliphatic heterocycles. The van der Waals surface area contributed by atoms with Crippen LogP contribution < -0.4 is 0 Å². The number of carboxylic acid groups (broad SMARTS) is 1. The normalized spacial score (nSPS) is 41.8. The molecular weight excluding hydrogens is 268 g/mol. The van der Waals surface area contributed by atoms with E-state index < -0.39 is 24.0 Å². The summed E-state index contributed by atoms with van der Waals surface area (Å²) < 4.78 is 5.96. The van der Waals surface area contributed by atoms with E-state index in [9.17, 15) is 9.59 Å². The van der Waals surface area contributed by atoms with Gasteiger partial charge in [0.1, 0.15) is 12.0 Å². The number of rotatable bonds is 5. The molecule has 4 saturated carbocycles. The van der Waals surface area contributed by atoms with Crippen molar-refractivity contribution in [2.75, 3.05) is 0 Å². The molecule has 0 heterocycles. The molecule has 4 nitrogen and oxygen atoms in total. The maximum atomic E-state index is 12.1. The highest BCUT2D eigenvalue weighted by Gasteiger charge is 2.61. The third kappa shape index (κ3) is 2.36. The van der Waals surface area contributed by atoms with Gasteiger partial charge in [0, 0.05) is 0 Å². The topological polar surface area (TPSA) is 63.6 Å². The van der Waals surface area contributed by atoms with Crippen molar-refractivity contribution in [1.82, 2.24) is 0 Å². The molecule has 4 fully saturated rings. The minimum Gasteiger partial charge on any atom is -0.481 e. The predicted molar refractivity (Wildman–Crippen MR) is 77.6 cm³/mol. The summed E-state index contributed by atoms with van der Waals surface area (Å²) in [7, 11) is 0. The van der Waals surface area contributed by atoms with Crippen molar-refractivity contribution >= 4 is 11.9 Å². The first-order valence-corrected chi connectivity index (χ1v) is 8.39. The number of carboxylic acids is 1. The minimum atomic E-state index is -1.09. The van der Waals surface area contributed by atoms with Crippen molar-refractivity contribution in [1.29, 1.82) is 0 Å². The third-order valence-corrected chi connectivity index (χ3v) is 6.38. The summed E-state index contributed by atoms with van der Waals surface area (Å²) in [5.74, 6) is 1.18. The number of hydrogen-bond acceptors (Lipinski definition) is 3.